The molecule has 0 bridgehead atoms. The molecule has 8 heteroatoms. The van der Waals surface area contributed by atoms with Gasteiger partial charge in [0.15, 0.2) is 5.82 Å². The number of amides is 2. The van der Waals surface area contributed by atoms with Gasteiger partial charge in [-0.1, -0.05) is 12.1 Å². The third-order valence-corrected chi connectivity index (χ3v) is 6.78. The van der Waals surface area contributed by atoms with Crippen molar-refractivity contribution in [2.45, 2.75) is 38.1 Å². The molecule has 3 aromatic rings. The lowest BCUT2D eigenvalue weighted by Gasteiger charge is -2.43. The summed E-state index contributed by atoms with van der Waals surface area (Å²) in [6.07, 6.45) is 4.92. The summed E-state index contributed by atoms with van der Waals surface area (Å²) in [5.74, 6) is 1.06. The number of halogens is 1. The number of hydrogen-bond donors (Lipinski definition) is 1. The smallest absolute Gasteiger partial charge is 0.255 e. The maximum Gasteiger partial charge on any atom is 0.255 e. The lowest BCUT2D eigenvalue weighted by molar-refractivity contribution is -0.123. The van der Waals surface area contributed by atoms with Gasteiger partial charge in [0.25, 0.3) is 11.8 Å². The zero-order valence-electron chi connectivity index (χ0n) is 19.2. The molecule has 0 saturated carbocycles. The van der Waals surface area contributed by atoms with Gasteiger partial charge in [-0.3, -0.25) is 9.59 Å². The van der Waals surface area contributed by atoms with E-state index in [0.717, 1.165) is 48.7 Å². The maximum absolute atomic E-state index is 13.0. The minimum atomic E-state index is -0.530. The summed E-state index contributed by atoms with van der Waals surface area (Å²) in [6.45, 7) is 2.82. The highest BCUT2D eigenvalue weighted by Gasteiger charge is 2.50. The summed E-state index contributed by atoms with van der Waals surface area (Å²) < 4.78 is 13.0. The molecule has 1 aromatic heterocycles. The molecule has 1 fully saturated rings. The first-order valence-corrected chi connectivity index (χ1v) is 11.4. The van der Waals surface area contributed by atoms with Crippen LogP contribution in [0.3, 0.4) is 0 Å². The number of nitrogens with zero attached hydrogens (tertiary/aromatic N) is 4. The van der Waals surface area contributed by atoms with Gasteiger partial charge in [-0.05, 0) is 68.1 Å². The highest BCUT2D eigenvalue weighted by atomic mass is 19.1. The Hall–Kier alpha value is -3.81. The second-order valence-corrected chi connectivity index (χ2v) is 9.05. The van der Waals surface area contributed by atoms with Crippen LogP contribution in [0.2, 0.25) is 0 Å². The van der Waals surface area contributed by atoms with Gasteiger partial charge in [0.2, 0.25) is 0 Å². The molecule has 1 N–H and O–H groups in total. The quantitative estimate of drug-likeness (QED) is 0.624. The molecule has 2 aliphatic heterocycles. The molecule has 5 rings (SSSR count). The van der Waals surface area contributed by atoms with E-state index in [4.69, 9.17) is 4.98 Å². The molecule has 0 radical (unpaired) electrons. The second kappa shape index (κ2) is 8.52. The van der Waals surface area contributed by atoms with Crippen LogP contribution in [0.4, 0.5) is 21.6 Å². The minimum absolute atomic E-state index is 0.0948. The first-order valence-electron chi connectivity index (χ1n) is 11.4. The number of anilines is 3. The van der Waals surface area contributed by atoms with Gasteiger partial charge in [-0.25, -0.2) is 14.4 Å². The van der Waals surface area contributed by atoms with Gasteiger partial charge in [-0.2, -0.15) is 0 Å². The molecule has 2 aliphatic rings. The molecular formula is C26H26FN5O2. The van der Waals surface area contributed by atoms with Gasteiger partial charge < -0.3 is 15.1 Å². The van der Waals surface area contributed by atoms with Crippen LogP contribution >= 0.6 is 0 Å². The largest absolute Gasteiger partial charge is 0.340 e. The van der Waals surface area contributed by atoms with Crippen LogP contribution in [0.25, 0.3) is 0 Å². The van der Waals surface area contributed by atoms with Crippen LogP contribution < -0.4 is 15.1 Å². The van der Waals surface area contributed by atoms with Crippen LogP contribution in [-0.4, -0.2) is 40.9 Å². The Balaban J connectivity index is 1.26. The van der Waals surface area contributed by atoms with Gasteiger partial charge >= 0.3 is 0 Å². The predicted molar refractivity (Wildman–Crippen MR) is 129 cm³/mol. The monoisotopic (exact) mass is 459 g/mol. The van der Waals surface area contributed by atoms with Gasteiger partial charge in [0.1, 0.15) is 22.9 Å². The van der Waals surface area contributed by atoms with Crippen LogP contribution in [0.1, 0.15) is 41.5 Å². The Morgan fingerprint density at radius 3 is 2.59 bits per heavy atom. The average Bonchev–Trinajstić information content (AvgIpc) is 3.26. The molecule has 0 unspecified atom stereocenters. The fraction of sp³-hybridized carbons (Fsp3) is 0.308. The van der Waals surface area contributed by atoms with E-state index in [2.05, 4.69) is 15.2 Å². The van der Waals surface area contributed by atoms with E-state index in [-0.39, 0.29) is 17.6 Å². The number of aromatic nitrogens is 2. The highest BCUT2D eigenvalue weighted by molar-refractivity contribution is 6.07. The van der Waals surface area contributed by atoms with Crippen molar-refractivity contribution in [3.63, 3.8) is 0 Å². The van der Waals surface area contributed by atoms with Crippen molar-refractivity contribution in [2.75, 3.05) is 28.7 Å². The Morgan fingerprint density at radius 1 is 1.12 bits per heavy atom. The Labute approximate surface area is 197 Å². The molecule has 34 heavy (non-hydrogen) atoms. The van der Waals surface area contributed by atoms with E-state index in [0.29, 0.717) is 17.7 Å². The third kappa shape index (κ3) is 3.89. The van der Waals surface area contributed by atoms with Crippen molar-refractivity contribution in [1.29, 1.82) is 0 Å². The minimum Gasteiger partial charge on any atom is -0.340 e. The second-order valence-electron chi connectivity index (χ2n) is 9.05. The lowest BCUT2D eigenvalue weighted by Crippen LogP contribution is -2.58. The van der Waals surface area contributed by atoms with Crippen LogP contribution in [-0.2, 0) is 17.6 Å². The molecule has 1 saturated heterocycles. The van der Waals surface area contributed by atoms with E-state index in [1.807, 2.05) is 19.1 Å². The van der Waals surface area contributed by atoms with Crippen molar-refractivity contribution in [2.24, 2.45) is 0 Å². The van der Waals surface area contributed by atoms with E-state index < -0.39 is 5.54 Å². The molecule has 0 aliphatic carbocycles. The Morgan fingerprint density at radius 2 is 1.85 bits per heavy atom. The van der Waals surface area contributed by atoms with Crippen LogP contribution in [0.15, 0.2) is 54.7 Å². The average molecular weight is 460 g/mol. The molecule has 1 atom stereocenters. The summed E-state index contributed by atoms with van der Waals surface area (Å²) in [5.41, 5.74) is 2.36. The lowest BCUT2D eigenvalue weighted by atomic mass is 9.94. The molecule has 2 amide bonds. The summed E-state index contributed by atoms with van der Waals surface area (Å²) in [4.78, 5) is 38.4. The molecule has 174 valence electrons. The molecule has 7 nitrogen and oxygen atoms in total. The number of hydrogen-bond acceptors (Lipinski definition) is 5. The molecule has 2 aromatic carbocycles. The normalized spacial score (nSPS) is 19.1. The number of likely N-dealkylation sites (N-methyl/N-ethyl adjacent to an activating group) is 1. The van der Waals surface area contributed by atoms with E-state index in [9.17, 15) is 14.0 Å². The molecule has 0 spiro atoms. The predicted octanol–water partition coefficient (Wildman–Crippen LogP) is 3.99. The zero-order valence-corrected chi connectivity index (χ0v) is 19.2. The van der Waals surface area contributed by atoms with Crippen molar-refractivity contribution in [3.05, 3.63) is 77.5 Å². The highest BCUT2D eigenvalue weighted by Crippen LogP contribution is 2.43. The van der Waals surface area contributed by atoms with E-state index in [1.165, 1.54) is 24.3 Å². The van der Waals surface area contributed by atoms with Crippen molar-refractivity contribution < 1.29 is 14.0 Å². The number of fused-ring (bicyclic) bond motifs is 3. The van der Waals surface area contributed by atoms with Crippen molar-refractivity contribution >= 4 is 29.0 Å². The Bertz CT molecular complexity index is 1250. The van der Waals surface area contributed by atoms with Gasteiger partial charge in [0, 0.05) is 31.3 Å². The fourth-order valence-corrected chi connectivity index (χ4v) is 4.77. The first kappa shape index (κ1) is 22.0. The third-order valence-electron chi connectivity index (χ3n) is 6.78. The van der Waals surface area contributed by atoms with Crippen molar-refractivity contribution in [1.82, 2.24) is 9.97 Å². The molecular weight excluding hydrogens is 433 g/mol. The summed E-state index contributed by atoms with van der Waals surface area (Å²) in [5, 5.41) is 2.76. The van der Waals surface area contributed by atoms with Crippen molar-refractivity contribution in [3.8, 4) is 0 Å². The van der Waals surface area contributed by atoms with E-state index >= 15 is 0 Å². The fourth-order valence-electron chi connectivity index (χ4n) is 4.77. The standard InChI is InChI=1S/C26H26FN5O2/c1-26-14-3-15-32(26)23-21(31(2)25(26)34)16-28-22(30-23)13-6-17-4-7-18(8-5-17)24(33)29-20-11-9-19(27)10-12-20/h4-5,7-12,16H,3,6,13-15H2,1-2H3,(H,29,33)/t26-/m1/s1. The van der Waals surface area contributed by atoms with Crippen LogP contribution in [0, 0.1) is 5.82 Å². The number of aryl methyl sites for hydroxylation is 2. The summed E-state index contributed by atoms with van der Waals surface area (Å²) in [6, 6.07) is 13.1. The SMILES string of the molecule is CN1C(=O)[C@@]2(C)CCCN2c2nc(CCc3ccc(C(=O)Nc4ccc(F)cc4)cc3)ncc21. The number of carbonyl (C=O) groups is 2. The van der Waals surface area contributed by atoms with Crippen LogP contribution in [0.5, 0.6) is 0 Å². The number of carbonyl (C=O) groups excluding carboxylic acids is 2. The van der Waals surface area contributed by atoms with E-state index in [1.54, 1.807) is 30.3 Å². The van der Waals surface area contributed by atoms with Gasteiger partial charge in [0.05, 0.1) is 6.20 Å². The molecule has 3 heterocycles. The first-order chi connectivity index (χ1) is 16.3. The Kier molecular flexibility index (Phi) is 5.51. The summed E-state index contributed by atoms with van der Waals surface area (Å²) >= 11 is 0. The van der Waals surface area contributed by atoms with Gasteiger partial charge in [-0.15, -0.1) is 0 Å². The zero-order chi connectivity index (χ0) is 23.9. The number of benzene rings is 2. The maximum atomic E-state index is 13.0. The summed E-state index contributed by atoms with van der Waals surface area (Å²) in [7, 11) is 1.79. The topological polar surface area (TPSA) is 78.4 Å². The number of rotatable bonds is 5. The number of nitrogens with one attached hydrogen (secondary N) is 1.